The highest BCUT2D eigenvalue weighted by atomic mass is 19.1. The third kappa shape index (κ3) is 4.62. The van der Waals surface area contributed by atoms with E-state index in [9.17, 15) is 9.18 Å². The SMILES string of the molecule is Cc1ccc(NC(=O)[C@@H](C)N[C@@H](c2ccc3c(c2)OCCO3)C(C)C)cc1F. The van der Waals surface area contributed by atoms with Crippen LogP contribution in [0.2, 0.25) is 0 Å². The molecule has 0 unspecified atom stereocenters. The molecule has 1 amide bonds. The summed E-state index contributed by atoms with van der Waals surface area (Å²) in [5, 5.41) is 6.15. The molecule has 150 valence electrons. The second kappa shape index (κ2) is 8.61. The minimum Gasteiger partial charge on any atom is -0.486 e. The largest absolute Gasteiger partial charge is 0.486 e. The van der Waals surface area contributed by atoms with Gasteiger partial charge in [-0.25, -0.2) is 4.39 Å². The molecule has 1 heterocycles. The van der Waals surface area contributed by atoms with E-state index in [-0.39, 0.29) is 23.7 Å². The minimum absolute atomic E-state index is 0.0497. The zero-order valence-electron chi connectivity index (χ0n) is 16.7. The van der Waals surface area contributed by atoms with Crippen molar-refractivity contribution in [1.82, 2.24) is 5.32 Å². The summed E-state index contributed by atoms with van der Waals surface area (Å²) in [6.45, 7) is 8.75. The van der Waals surface area contributed by atoms with Crippen molar-refractivity contribution in [3.8, 4) is 11.5 Å². The maximum Gasteiger partial charge on any atom is 0.241 e. The summed E-state index contributed by atoms with van der Waals surface area (Å²) in [7, 11) is 0. The molecule has 2 aromatic carbocycles. The van der Waals surface area contributed by atoms with Gasteiger partial charge in [0.05, 0.1) is 6.04 Å². The Morgan fingerprint density at radius 3 is 2.43 bits per heavy atom. The highest BCUT2D eigenvalue weighted by Crippen LogP contribution is 2.34. The Balaban J connectivity index is 1.71. The van der Waals surface area contributed by atoms with Crippen LogP contribution in [0.1, 0.15) is 37.9 Å². The molecule has 0 fully saturated rings. The van der Waals surface area contributed by atoms with E-state index in [0.717, 1.165) is 17.1 Å². The maximum absolute atomic E-state index is 13.7. The fourth-order valence-corrected chi connectivity index (χ4v) is 3.19. The van der Waals surface area contributed by atoms with Crippen LogP contribution in [0.5, 0.6) is 11.5 Å². The van der Waals surface area contributed by atoms with Gasteiger partial charge in [0.1, 0.15) is 19.0 Å². The lowest BCUT2D eigenvalue weighted by atomic mass is 9.94. The van der Waals surface area contributed by atoms with Crippen molar-refractivity contribution in [2.24, 2.45) is 5.92 Å². The molecular formula is C22H27FN2O3. The Hall–Kier alpha value is -2.60. The van der Waals surface area contributed by atoms with Crippen LogP contribution in [0.25, 0.3) is 0 Å². The predicted molar refractivity (Wildman–Crippen MR) is 107 cm³/mol. The zero-order valence-corrected chi connectivity index (χ0v) is 16.7. The molecule has 0 aliphatic carbocycles. The number of rotatable bonds is 6. The first-order valence-electron chi connectivity index (χ1n) is 9.57. The molecule has 2 atom stereocenters. The van der Waals surface area contributed by atoms with Gasteiger partial charge in [-0.2, -0.15) is 0 Å². The summed E-state index contributed by atoms with van der Waals surface area (Å²) < 4.78 is 25.0. The molecule has 28 heavy (non-hydrogen) atoms. The second-order valence-electron chi connectivity index (χ2n) is 7.47. The molecule has 0 saturated carbocycles. The molecule has 0 aromatic heterocycles. The maximum atomic E-state index is 13.7. The second-order valence-corrected chi connectivity index (χ2v) is 7.47. The van der Waals surface area contributed by atoms with Gasteiger partial charge in [0.2, 0.25) is 5.91 Å². The Bertz CT molecular complexity index is 854. The molecule has 2 N–H and O–H groups in total. The molecule has 3 rings (SSSR count). The lowest BCUT2D eigenvalue weighted by molar-refractivity contribution is -0.118. The number of amides is 1. The summed E-state index contributed by atoms with van der Waals surface area (Å²) in [4.78, 5) is 12.6. The van der Waals surface area contributed by atoms with Gasteiger partial charge in [-0.05, 0) is 55.2 Å². The van der Waals surface area contributed by atoms with E-state index in [1.807, 2.05) is 18.2 Å². The average Bonchev–Trinajstić information content (AvgIpc) is 2.68. The fraction of sp³-hybridized carbons (Fsp3) is 0.409. The number of anilines is 1. The molecule has 0 bridgehead atoms. The van der Waals surface area contributed by atoms with Gasteiger partial charge >= 0.3 is 0 Å². The summed E-state index contributed by atoms with van der Waals surface area (Å²) in [5.41, 5.74) is 2.02. The normalized spacial score (nSPS) is 15.2. The summed E-state index contributed by atoms with van der Waals surface area (Å²) in [6, 6.07) is 10.0. The first-order chi connectivity index (χ1) is 13.3. The number of ether oxygens (including phenoxy) is 2. The van der Waals surface area contributed by atoms with E-state index in [4.69, 9.17) is 9.47 Å². The van der Waals surface area contributed by atoms with Gasteiger partial charge in [-0.1, -0.05) is 26.0 Å². The quantitative estimate of drug-likeness (QED) is 0.780. The minimum atomic E-state index is -0.468. The number of carbonyl (C=O) groups is 1. The van der Waals surface area contributed by atoms with Crippen LogP contribution in [0.3, 0.4) is 0 Å². The van der Waals surface area contributed by atoms with E-state index in [1.165, 1.54) is 6.07 Å². The van der Waals surface area contributed by atoms with Crippen LogP contribution < -0.4 is 20.1 Å². The molecule has 1 aliphatic heterocycles. The number of nitrogens with one attached hydrogen (secondary N) is 2. The van der Waals surface area contributed by atoms with E-state index in [2.05, 4.69) is 24.5 Å². The summed E-state index contributed by atoms with van der Waals surface area (Å²) in [6.07, 6.45) is 0. The smallest absolute Gasteiger partial charge is 0.241 e. The molecule has 0 radical (unpaired) electrons. The molecule has 1 aliphatic rings. The number of fused-ring (bicyclic) bond motifs is 1. The topological polar surface area (TPSA) is 59.6 Å². The summed E-state index contributed by atoms with van der Waals surface area (Å²) in [5.74, 6) is 1.16. The van der Waals surface area contributed by atoms with Crippen LogP contribution in [-0.4, -0.2) is 25.2 Å². The predicted octanol–water partition coefficient (Wildman–Crippen LogP) is 4.22. The molecule has 0 saturated heterocycles. The van der Waals surface area contributed by atoms with Crippen molar-refractivity contribution in [2.75, 3.05) is 18.5 Å². The van der Waals surface area contributed by atoms with Gasteiger partial charge in [-0.15, -0.1) is 0 Å². The Morgan fingerprint density at radius 2 is 1.75 bits per heavy atom. The van der Waals surface area contributed by atoms with Gasteiger partial charge in [0.15, 0.2) is 11.5 Å². The number of hydrogen-bond acceptors (Lipinski definition) is 4. The zero-order chi connectivity index (χ0) is 20.3. The van der Waals surface area contributed by atoms with E-state index in [1.54, 1.807) is 26.0 Å². The van der Waals surface area contributed by atoms with Crippen molar-refractivity contribution in [1.29, 1.82) is 0 Å². The van der Waals surface area contributed by atoms with Gasteiger partial charge < -0.3 is 14.8 Å². The van der Waals surface area contributed by atoms with Crippen molar-refractivity contribution < 1.29 is 18.7 Å². The number of aryl methyl sites for hydroxylation is 1. The lowest BCUT2D eigenvalue weighted by Crippen LogP contribution is -2.41. The number of hydrogen-bond donors (Lipinski definition) is 2. The van der Waals surface area contributed by atoms with E-state index >= 15 is 0 Å². The van der Waals surface area contributed by atoms with Crippen molar-refractivity contribution in [3.05, 3.63) is 53.3 Å². The van der Waals surface area contributed by atoms with Crippen LogP contribution >= 0.6 is 0 Å². The highest BCUT2D eigenvalue weighted by molar-refractivity contribution is 5.94. The lowest BCUT2D eigenvalue weighted by Gasteiger charge is -2.28. The third-order valence-corrected chi connectivity index (χ3v) is 4.85. The van der Waals surface area contributed by atoms with Crippen LogP contribution in [0.4, 0.5) is 10.1 Å². The van der Waals surface area contributed by atoms with E-state index < -0.39 is 6.04 Å². The first kappa shape index (κ1) is 20.1. The Morgan fingerprint density at radius 1 is 1.04 bits per heavy atom. The van der Waals surface area contributed by atoms with Crippen molar-refractivity contribution >= 4 is 11.6 Å². The van der Waals surface area contributed by atoms with Crippen LogP contribution in [-0.2, 0) is 4.79 Å². The fourth-order valence-electron chi connectivity index (χ4n) is 3.19. The van der Waals surface area contributed by atoms with Gasteiger partial charge in [-0.3, -0.25) is 10.1 Å². The van der Waals surface area contributed by atoms with Crippen LogP contribution in [0.15, 0.2) is 36.4 Å². The molecule has 2 aromatic rings. The monoisotopic (exact) mass is 386 g/mol. The van der Waals surface area contributed by atoms with Gasteiger partial charge in [0, 0.05) is 11.7 Å². The van der Waals surface area contributed by atoms with Crippen molar-refractivity contribution in [3.63, 3.8) is 0 Å². The Kier molecular flexibility index (Phi) is 6.19. The van der Waals surface area contributed by atoms with Gasteiger partial charge in [0.25, 0.3) is 0 Å². The van der Waals surface area contributed by atoms with Crippen LogP contribution in [0, 0.1) is 18.7 Å². The summed E-state index contributed by atoms with van der Waals surface area (Å²) >= 11 is 0. The molecule has 5 nitrogen and oxygen atoms in total. The standard InChI is InChI=1S/C22H27FN2O3/c1-13(2)21(16-6-8-19-20(11-16)28-10-9-27-19)24-15(4)22(26)25-17-7-5-14(3)18(23)12-17/h5-8,11-13,15,21,24H,9-10H2,1-4H3,(H,25,26)/t15-,21-/m1/s1. The molecule has 6 heteroatoms. The number of halogens is 1. The third-order valence-electron chi connectivity index (χ3n) is 4.85. The van der Waals surface area contributed by atoms with Crippen molar-refractivity contribution in [2.45, 2.75) is 39.8 Å². The highest BCUT2D eigenvalue weighted by Gasteiger charge is 2.24. The Labute approximate surface area is 165 Å². The number of benzene rings is 2. The molecular weight excluding hydrogens is 359 g/mol. The van der Waals surface area contributed by atoms with E-state index in [0.29, 0.717) is 24.5 Å². The number of carbonyl (C=O) groups excluding carboxylic acids is 1. The molecule has 0 spiro atoms. The first-order valence-corrected chi connectivity index (χ1v) is 9.57. The average molecular weight is 386 g/mol.